The van der Waals surface area contributed by atoms with E-state index < -0.39 is 0 Å². The quantitative estimate of drug-likeness (QED) is 0.751. The first-order chi connectivity index (χ1) is 12.8. The van der Waals surface area contributed by atoms with Gasteiger partial charge >= 0.3 is 0 Å². The predicted molar refractivity (Wildman–Crippen MR) is 99.7 cm³/mol. The number of fused-ring (bicyclic) bond motifs is 1. The van der Waals surface area contributed by atoms with Gasteiger partial charge in [0.25, 0.3) is 0 Å². The minimum atomic E-state index is -0.289. The van der Waals surface area contributed by atoms with E-state index >= 15 is 0 Å². The van der Waals surface area contributed by atoms with E-state index in [9.17, 15) is 5.26 Å². The number of para-hydroxylation sites is 1. The first kappa shape index (κ1) is 15.7. The number of rotatable bonds is 3. The van der Waals surface area contributed by atoms with Crippen molar-refractivity contribution in [3.05, 3.63) is 95.6 Å². The highest BCUT2D eigenvalue weighted by Gasteiger charge is 2.30. The van der Waals surface area contributed by atoms with Crippen molar-refractivity contribution in [2.75, 3.05) is 5.32 Å². The van der Waals surface area contributed by atoms with Gasteiger partial charge in [-0.05, 0) is 29.8 Å². The molecule has 3 N–H and O–H groups in total. The molecule has 0 unspecified atom stereocenters. The van der Waals surface area contributed by atoms with Gasteiger partial charge in [-0.15, -0.1) is 0 Å². The van der Waals surface area contributed by atoms with Crippen LogP contribution in [0.25, 0.3) is 0 Å². The minimum absolute atomic E-state index is 0.130. The van der Waals surface area contributed by atoms with Crippen LogP contribution in [-0.2, 0) is 0 Å². The Hall–Kier alpha value is -3.78. The number of allylic oxidation sites excluding steroid dienone is 1. The first-order valence-corrected chi connectivity index (χ1v) is 8.20. The Kier molecular flexibility index (Phi) is 4.00. The number of nitrogens with two attached hydrogens (primary N) is 1. The van der Waals surface area contributed by atoms with Crippen molar-refractivity contribution in [2.45, 2.75) is 5.92 Å². The Labute approximate surface area is 151 Å². The van der Waals surface area contributed by atoms with Gasteiger partial charge < -0.3 is 15.8 Å². The number of nitrogens with zero attached hydrogens (tertiary/aromatic N) is 2. The molecule has 5 heteroatoms. The Balaban J connectivity index is 1.76. The highest BCUT2D eigenvalue weighted by Crippen LogP contribution is 2.43. The van der Waals surface area contributed by atoms with Gasteiger partial charge in [0, 0.05) is 35.4 Å². The number of ether oxygens (including phenoxy) is 1. The maximum absolute atomic E-state index is 9.57. The molecule has 0 radical (unpaired) electrons. The molecule has 5 nitrogen and oxygen atoms in total. The largest absolute Gasteiger partial charge is 0.440 e. The van der Waals surface area contributed by atoms with Crippen LogP contribution in [0.5, 0.6) is 5.75 Å². The van der Waals surface area contributed by atoms with Gasteiger partial charge in [-0.2, -0.15) is 5.26 Å². The van der Waals surface area contributed by atoms with Gasteiger partial charge in [-0.25, -0.2) is 0 Å². The number of hydrogen-bond donors (Lipinski definition) is 2. The molecular formula is C21H16N4O. The van der Waals surface area contributed by atoms with E-state index in [2.05, 4.69) is 16.4 Å². The smallest absolute Gasteiger partial charge is 0.205 e. The van der Waals surface area contributed by atoms with E-state index in [0.717, 1.165) is 22.5 Å². The third-order valence-electron chi connectivity index (χ3n) is 4.30. The van der Waals surface area contributed by atoms with E-state index in [0.29, 0.717) is 11.3 Å². The van der Waals surface area contributed by atoms with E-state index in [-0.39, 0.29) is 11.8 Å². The van der Waals surface area contributed by atoms with Gasteiger partial charge in [-0.3, -0.25) is 4.98 Å². The van der Waals surface area contributed by atoms with Crippen molar-refractivity contribution in [2.24, 2.45) is 5.73 Å². The van der Waals surface area contributed by atoms with Crippen LogP contribution in [0.1, 0.15) is 17.0 Å². The highest BCUT2D eigenvalue weighted by atomic mass is 16.5. The number of pyridine rings is 1. The van der Waals surface area contributed by atoms with E-state index in [4.69, 9.17) is 10.5 Å². The zero-order valence-corrected chi connectivity index (χ0v) is 13.9. The number of hydrogen-bond acceptors (Lipinski definition) is 5. The van der Waals surface area contributed by atoms with Crippen LogP contribution in [0.3, 0.4) is 0 Å². The molecule has 0 spiro atoms. The second kappa shape index (κ2) is 6.61. The first-order valence-electron chi connectivity index (χ1n) is 8.20. The molecule has 26 heavy (non-hydrogen) atoms. The lowest BCUT2D eigenvalue weighted by atomic mass is 9.84. The Bertz CT molecular complexity index is 1010. The molecule has 0 saturated carbocycles. The summed E-state index contributed by atoms with van der Waals surface area (Å²) in [6.45, 7) is 0. The van der Waals surface area contributed by atoms with Crippen LogP contribution in [0.15, 0.2) is 84.5 Å². The van der Waals surface area contributed by atoms with Crippen molar-refractivity contribution in [3.8, 4) is 11.8 Å². The summed E-state index contributed by atoms with van der Waals surface area (Å²) >= 11 is 0. The molecule has 0 amide bonds. The summed E-state index contributed by atoms with van der Waals surface area (Å²) in [6, 6.07) is 21.7. The third-order valence-corrected chi connectivity index (χ3v) is 4.30. The topological polar surface area (TPSA) is 84.0 Å². The monoisotopic (exact) mass is 340 g/mol. The average molecular weight is 340 g/mol. The van der Waals surface area contributed by atoms with E-state index in [1.807, 2.05) is 60.7 Å². The molecule has 3 aromatic rings. The number of aromatic nitrogens is 1. The van der Waals surface area contributed by atoms with Crippen molar-refractivity contribution >= 4 is 11.4 Å². The lowest BCUT2D eigenvalue weighted by Crippen LogP contribution is -2.21. The molecule has 1 aliphatic heterocycles. The summed E-state index contributed by atoms with van der Waals surface area (Å²) < 4.78 is 5.74. The summed E-state index contributed by atoms with van der Waals surface area (Å²) in [5.41, 5.74) is 10.1. The molecule has 0 saturated heterocycles. The van der Waals surface area contributed by atoms with Crippen LogP contribution in [0.4, 0.5) is 11.4 Å². The molecule has 4 rings (SSSR count). The lowest BCUT2D eigenvalue weighted by Gasteiger charge is -2.26. The molecule has 0 aliphatic carbocycles. The van der Waals surface area contributed by atoms with Gasteiger partial charge in [0.05, 0.1) is 5.92 Å². The van der Waals surface area contributed by atoms with E-state index in [1.165, 1.54) is 0 Å². The summed E-state index contributed by atoms with van der Waals surface area (Å²) in [5.74, 6) is 0.477. The highest BCUT2D eigenvalue weighted by molar-refractivity contribution is 5.65. The second-order valence-corrected chi connectivity index (χ2v) is 5.95. The maximum atomic E-state index is 9.57. The SMILES string of the molecule is N#CC1=C(N)Oc2cc(Nc3ccccc3)ccc2[C@H]1c1cccnc1. The fourth-order valence-electron chi connectivity index (χ4n) is 3.11. The molecule has 1 aromatic heterocycles. The van der Waals surface area contributed by atoms with Gasteiger partial charge in [0.1, 0.15) is 17.4 Å². The third kappa shape index (κ3) is 2.85. The van der Waals surface area contributed by atoms with Crippen LogP contribution >= 0.6 is 0 Å². The van der Waals surface area contributed by atoms with Gasteiger partial charge in [0.2, 0.25) is 5.88 Å². The number of nitrogens with one attached hydrogen (secondary N) is 1. The normalized spacial score (nSPS) is 15.6. The Morgan fingerprint density at radius 3 is 2.62 bits per heavy atom. The van der Waals surface area contributed by atoms with Crippen LogP contribution in [-0.4, -0.2) is 4.98 Å². The van der Waals surface area contributed by atoms with Crippen molar-refractivity contribution in [1.82, 2.24) is 4.98 Å². The molecule has 1 aliphatic rings. The Morgan fingerprint density at radius 1 is 1.04 bits per heavy atom. The summed E-state index contributed by atoms with van der Waals surface area (Å²) in [7, 11) is 0. The van der Waals surface area contributed by atoms with Crippen LogP contribution in [0.2, 0.25) is 0 Å². The van der Waals surface area contributed by atoms with Crippen LogP contribution < -0.4 is 15.8 Å². The summed E-state index contributed by atoms with van der Waals surface area (Å²) in [4.78, 5) is 4.17. The summed E-state index contributed by atoms with van der Waals surface area (Å²) in [5, 5.41) is 12.9. The van der Waals surface area contributed by atoms with Crippen molar-refractivity contribution in [1.29, 1.82) is 5.26 Å². The summed E-state index contributed by atoms with van der Waals surface area (Å²) in [6.07, 6.45) is 3.45. The van der Waals surface area contributed by atoms with Crippen molar-refractivity contribution in [3.63, 3.8) is 0 Å². The number of nitriles is 1. The molecule has 0 bridgehead atoms. The van der Waals surface area contributed by atoms with Gasteiger partial charge in [-0.1, -0.05) is 30.3 Å². The molecule has 2 aromatic carbocycles. The average Bonchev–Trinajstić information content (AvgIpc) is 2.68. The molecule has 0 fully saturated rings. The number of benzene rings is 2. The fourth-order valence-corrected chi connectivity index (χ4v) is 3.11. The molecule has 126 valence electrons. The van der Waals surface area contributed by atoms with Crippen LogP contribution in [0, 0.1) is 11.3 Å². The Morgan fingerprint density at radius 2 is 1.88 bits per heavy atom. The fraction of sp³-hybridized carbons (Fsp3) is 0.0476. The maximum Gasteiger partial charge on any atom is 0.205 e. The predicted octanol–water partition coefficient (Wildman–Crippen LogP) is 4.04. The van der Waals surface area contributed by atoms with Gasteiger partial charge in [0.15, 0.2) is 0 Å². The zero-order chi connectivity index (χ0) is 17.9. The molecule has 2 heterocycles. The van der Waals surface area contributed by atoms with E-state index in [1.54, 1.807) is 12.4 Å². The number of anilines is 2. The van der Waals surface area contributed by atoms with Crippen molar-refractivity contribution < 1.29 is 4.74 Å². The molecule has 1 atom stereocenters. The minimum Gasteiger partial charge on any atom is -0.440 e. The molecular weight excluding hydrogens is 324 g/mol. The second-order valence-electron chi connectivity index (χ2n) is 5.95. The lowest BCUT2D eigenvalue weighted by molar-refractivity contribution is 0.394. The zero-order valence-electron chi connectivity index (χ0n) is 13.9. The standard InChI is InChI=1S/C21H16N4O/c22-12-18-20(14-5-4-10-24-13-14)17-9-8-16(11-19(17)26-21(18)23)25-15-6-2-1-3-7-15/h1-11,13,20,25H,23H2/t20-/m1/s1.